The predicted molar refractivity (Wildman–Crippen MR) is 76.1 cm³/mol. The van der Waals surface area contributed by atoms with Crippen molar-refractivity contribution in [1.82, 2.24) is 0 Å². The van der Waals surface area contributed by atoms with Crippen LogP contribution < -0.4 is 0 Å². The fourth-order valence-electron chi connectivity index (χ4n) is 1.36. The van der Waals surface area contributed by atoms with E-state index in [2.05, 4.69) is 37.9 Å². The van der Waals surface area contributed by atoms with Gasteiger partial charge in [-0.2, -0.15) is 0 Å². The van der Waals surface area contributed by atoms with Crippen molar-refractivity contribution in [2.24, 2.45) is 0 Å². The van der Waals surface area contributed by atoms with Gasteiger partial charge in [-0.05, 0) is 29.8 Å². The first-order chi connectivity index (χ1) is 7.58. The second-order valence-corrected chi connectivity index (χ2v) is 5.71. The first-order valence-electron chi connectivity index (χ1n) is 4.40. The normalized spacial score (nSPS) is 10.5. The zero-order valence-corrected chi connectivity index (χ0v) is 12.6. The molecule has 0 unspecified atom stereocenters. The Labute approximate surface area is 121 Å². The summed E-state index contributed by atoms with van der Waals surface area (Å²) in [6, 6.07) is 12.5. The van der Waals surface area contributed by atoms with E-state index < -0.39 is 0 Å². The van der Waals surface area contributed by atoms with Gasteiger partial charge in [0.05, 0.1) is 10.0 Å². The Hall–Kier alpha value is -0.0200. The Bertz CT molecular complexity index is 539. The van der Waals surface area contributed by atoms with Gasteiger partial charge >= 0.3 is 0 Å². The fraction of sp³-hybridized carbons (Fsp3) is 0. The van der Waals surface area contributed by atoms with Crippen molar-refractivity contribution in [1.29, 1.82) is 0 Å². The van der Waals surface area contributed by atoms with Gasteiger partial charge in [-0.1, -0.05) is 61.1 Å². The molecular weight excluding hydrogens is 375 g/mol. The highest BCUT2D eigenvalue weighted by Crippen LogP contribution is 2.36. The van der Waals surface area contributed by atoms with Crippen LogP contribution in [0.2, 0.25) is 10.0 Å². The van der Waals surface area contributed by atoms with Crippen LogP contribution in [0.25, 0.3) is 11.1 Å². The van der Waals surface area contributed by atoms with Gasteiger partial charge in [-0.15, -0.1) is 0 Å². The Morgan fingerprint density at radius 2 is 1.69 bits per heavy atom. The van der Waals surface area contributed by atoms with E-state index in [1.54, 1.807) is 6.07 Å². The number of benzene rings is 2. The molecule has 2 rings (SSSR count). The quantitative estimate of drug-likeness (QED) is 0.571. The molecule has 2 aromatic carbocycles. The molecule has 0 saturated carbocycles. The van der Waals surface area contributed by atoms with Gasteiger partial charge in [0.15, 0.2) is 0 Å². The Morgan fingerprint density at radius 3 is 2.38 bits per heavy atom. The van der Waals surface area contributed by atoms with Gasteiger partial charge in [0, 0.05) is 20.6 Å². The molecule has 0 nitrogen and oxygen atoms in total. The van der Waals surface area contributed by atoms with Gasteiger partial charge in [-0.3, -0.25) is 0 Å². The van der Waals surface area contributed by atoms with E-state index in [1.807, 2.05) is 24.3 Å². The summed E-state index contributed by atoms with van der Waals surface area (Å²) in [5.74, 6) is 0. The van der Waals surface area contributed by atoms with E-state index in [0.717, 1.165) is 20.1 Å². The minimum Gasteiger partial charge on any atom is -0.0836 e. The van der Waals surface area contributed by atoms with E-state index in [9.17, 15) is 0 Å². The molecule has 0 fully saturated rings. The van der Waals surface area contributed by atoms with Crippen molar-refractivity contribution in [3.8, 4) is 11.1 Å². The molecule has 0 amide bonds. The minimum absolute atomic E-state index is 0.514. The van der Waals surface area contributed by atoms with Gasteiger partial charge in [0.25, 0.3) is 0 Å². The Balaban J connectivity index is 2.62. The largest absolute Gasteiger partial charge is 0.0836 e. The van der Waals surface area contributed by atoms with Crippen molar-refractivity contribution in [3.05, 3.63) is 55.4 Å². The summed E-state index contributed by atoms with van der Waals surface area (Å²) in [6.07, 6.45) is 0. The lowest BCUT2D eigenvalue weighted by atomic mass is 10.1. The summed E-state index contributed by atoms with van der Waals surface area (Å²) in [5, 5.41) is 1.03. The molecule has 0 heterocycles. The summed E-state index contributed by atoms with van der Waals surface area (Å²) >= 11 is 18.9. The monoisotopic (exact) mass is 377 g/mol. The number of hydrogen-bond acceptors (Lipinski definition) is 0. The first-order valence-corrected chi connectivity index (χ1v) is 6.75. The number of hydrogen-bond donors (Lipinski definition) is 0. The second kappa shape index (κ2) is 5.09. The molecular formula is C12H5Br2Cl2. The molecule has 0 aliphatic rings. The lowest BCUT2D eigenvalue weighted by Gasteiger charge is -2.07. The highest BCUT2D eigenvalue weighted by atomic mass is 79.9. The van der Waals surface area contributed by atoms with E-state index in [0.29, 0.717) is 10.0 Å². The first kappa shape index (κ1) is 12.4. The smallest absolute Gasteiger partial charge is 0.0579 e. The summed E-state index contributed by atoms with van der Waals surface area (Å²) in [7, 11) is 0. The van der Waals surface area contributed by atoms with Crippen LogP contribution in [0.1, 0.15) is 0 Å². The van der Waals surface area contributed by atoms with Crippen molar-refractivity contribution >= 4 is 55.1 Å². The second-order valence-electron chi connectivity index (χ2n) is 3.16. The fourth-order valence-corrected chi connectivity index (χ4v) is 2.65. The standard InChI is InChI=1S/C12H5Br2Cl2/c13-7-1-4-11(14)10(5-7)9-3-2-8(15)6-12(9)16/h1-5H. The van der Waals surface area contributed by atoms with Crippen molar-refractivity contribution < 1.29 is 0 Å². The van der Waals surface area contributed by atoms with E-state index in [4.69, 9.17) is 23.2 Å². The molecule has 16 heavy (non-hydrogen) atoms. The average Bonchev–Trinajstić information content (AvgIpc) is 2.22. The summed E-state index contributed by atoms with van der Waals surface area (Å²) in [6.45, 7) is 0. The van der Waals surface area contributed by atoms with Gasteiger partial charge in [0.2, 0.25) is 0 Å². The average molecular weight is 380 g/mol. The molecule has 81 valence electrons. The highest BCUT2D eigenvalue weighted by Gasteiger charge is 2.08. The van der Waals surface area contributed by atoms with Crippen LogP contribution in [0.3, 0.4) is 0 Å². The van der Waals surface area contributed by atoms with Crippen molar-refractivity contribution in [2.75, 3.05) is 0 Å². The molecule has 0 spiro atoms. The molecule has 0 aliphatic carbocycles. The number of halogens is 4. The maximum atomic E-state index is 6.11. The molecule has 1 radical (unpaired) electrons. The summed E-state index contributed by atoms with van der Waals surface area (Å²) in [5.41, 5.74) is 1.91. The van der Waals surface area contributed by atoms with Crippen LogP contribution in [0.5, 0.6) is 0 Å². The van der Waals surface area contributed by atoms with Crippen LogP contribution >= 0.6 is 55.1 Å². The zero-order chi connectivity index (χ0) is 11.7. The Morgan fingerprint density at radius 1 is 0.938 bits per heavy atom. The van der Waals surface area contributed by atoms with E-state index in [1.165, 1.54) is 0 Å². The third-order valence-electron chi connectivity index (χ3n) is 2.08. The van der Waals surface area contributed by atoms with Crippen LogP contribution in [-0.4, -0.2) is 0 Å². The lowest BCUT2D eigenvalue weighted by molar-refractivity contribution is 1.55. The third-order valence-corrected chi connectivity index (χ3v) is 3.78. The van der Waals surface area contributed by atoms with Gasteiger partial charge in [0.1, 0.15) is 0 Å². The molecule has 0 saturated heterocycles. The lowest BCUT2D eigenvalue weighted by Crippen LogP contribution is -1.82. The molecule has 0 bridgehead atoms. The number of rotatable bonds is 1. The van der Waals surface area contributed by atoms with Crippen molar-refractivity contribution in [2.45, 2.75) is 0 Å². The van der Waals surface area contributed by atoms with Crippen LogP contribution in [0.4, 0.5) is 0 Å². The topological polar surface area (TPSA) is 0 Å². The molecule has 4 heteroatoms. The molecule has 0 N–H and O–H groups in total. The predicted octanol–water partition coefficient (Wildman–Crippen LogP) is 5.99. The van der Waals surface area contributed by atoms with E-state index in [-0.39, 0.29) is 0 Å². The maximum absolute atomic E-state index is 6.11. The minimum atomic E-state index is 0.514. The van der Waals surface area contributed by atoms with Gasteiger partial charge in [-0.25, -0.2) is 0 Å². The molecule has 0 aromatic heterocycles. The molecule has 0 atom stereocenters. The summed E-state index contributed by atoms with van der Waals surface area (Å²) < 4.78 is 1.98. The van der Waals surface area contributed by atoms with E-state index >= 15 is 0 Å². The Kier molecular flexibility index (Phi) is 3.96. The van der Waals surface area contributed by atoms with Gasteiger partial charge < -0.3 is 0 Å². The van der Waals surface area contributed by atoms with Crippen LogP contribution in [-0.2, 0) is 0 Å². The van der Waals surface area contributed by atoms with Crippen LogP contribution in [0, 0.1) is 6.07 Å². The van der Waals surface area contributed by atoms with Crippen LogP contribution in [0.15, 0.2) is 39.3 Å². The zero-order valence-electron chi connectivity index (χ0n) is 7.90. The molecule has 0 aliphatic heterocycles. The SMILES string of the molecule is Clc1[c]c(Cl)c(-c2cc(Br)ccc2Br)cc1. The summed E-state index contributed by atoms with van der Waals surface area (Å²) in [4.78, 5) is 0. The molecule has 2 aromatic rings. The highest BCUT2D eigenvalue weighted by molar-refractivity contribution is 9.11. The van der Waals surface area contributed by atoms with Crippen molar-refractivity contribution in [3.63, 3.8) is 0 Å². The maximum Gasteiger partial charge on any atom is 0.0579 e. The third kappa shape index (κ3) is 2.62.